The van der Waals surface area contributed by atoms with Gasteiger partial charge in [0.05, 0.1) is 6.54 Å². The third kappa shape index (κ3) is 4.97. The number of amides is 1. The lowest BCUT2D eigenvalue weighted by atomic mass is 9.97. The highest BCUT2D eigenvalue weighted by Gasteiger charge is 2.20. The molecule has 1 aromatic carbocycles. The smallest absolute Gasteiger partial charge is 0.238 e. The maximum absolute atomic E-state index is 12.2. The average molecular weight is 324 g/mol. The molecule has 1 aromatic rings. The zero-order valence-electron chi connectivity index (χ0n) is 13.5. The molecule has 122 valence electrons. The van der Waals surface area contributed by atoms with Crippen molar-refractivity contribution in [1.82, 2.24) is 10.2 Å². The maximum atomic E-state index is 12.2. The third-order valence-corrected chi connectivity index (χ3v) is 4.71. The number of anilines is 1. The van der Waals surface area contributed by atoms with Gasteiger partial charge in [0.15, 0.2) is 0 Å². The summed E-state index contributed by atoms with van der Waals surface area (Å²) in [6.07, 6.45) is 2.33. The van der Waals surface area contributed by atoms with Crippen LogP contribution in [-0.2, 0) is 4.79 Å². The Balaban J connectivity index is 1.77. The fraction of sp³-hybridized carbons (Fsp3) is 0.588. The van der Waals surface area contributed by atoms with Gasteiger partial charge in [0.1, 0.15) is 0 Å². The van der Waals surface area contributed by atoms with Gasteiger partial charge in [0, 0.05) is 10.7 Å². The summed E-state index contributed by atoms with van der Waals surface area (Å²) in [4.78, 5) is 14.4. The van der Waals surface area contributed by atoms with Crippen molar-refractivity contribution in [2.75, 3.05) is 38.0 Å². The highest BCUT2D eigenvalue weighted by Crippen LogP contribution is 2.23. The van der Waals surface area contributed by atoms with E-state index in [1.165, 1.54) is 0 Å². The third-order valence-electron chi connectivity index (χ3n) is 4.30. The molecule has 1 saturated heterocycles. The Morgan fingerprint density at radius 1 is 1.36 bits per heavy atom. The molecule has 1 heterocycles. The highest BCUT2D eigenvalue weighted by molar-refractivity contribution is 6.31. The first-order valence-electron chi connectivity index (χ1n) is 8.08. The van der Waals surface area contributed by atoms with Crippen LogP contribution in [0.1, 0.15) is 25.3 Å². The minimum absolute atomic E-state index is 0.0375. The van der Waals surface area contributed by atoms with Gasteiger partial charge in [-0.05, 0) is 69.6 Å². The zero-order valence-corrected chi connectivity index (χ0v) is 14.2. The first-order valence-corrected chi connectivity index (χ1v) is 8.46. The molecule has 1 fully saturated rings. The molecule has 2 rings (SSSR count). The van der Waals surface area contributed by atoms with Crippen molar-refractivity contribution in [3.8, 4) is 0 Å². The number of hydrogen-bond acceptors (Lipinski definition) is 3. The number of rotatable bonds is 6. The Morgan fingerprint density at radius 2 is 2.09 bits per heavy atom. The molecule has 0 unspecified atom stereocenters. The summed E-state index contributed by atoms with van der Waals surface area (Å²) in [5, 5.41) is 7.06. The fourth-order valence-corrected chi connectivity index (χ4v) is 3.01. The van der Waals surface area contributed by atoms with Crippen molar-refractivity contribution >= 4 is 23.2 Å². The number of nitrogens with one attached hydrogen (secondary N) is 2. The lowest BCUT2D eigenvalue weighted by Crippen LogP contribution is -2.41. The summed E-state index contributed by atoms with van der Waals surface area (Å²) in [6, 6.07) is 5.58. The number of halogens is 1. The molecule has 22 heavy (non-hydrogen) atoms. The monoisotopic (exact) mass is 323 g/mol. The van der Waals surface area contributed by atoms with E-state index in [0.29, 0.717) is 11.6 Å². The van der Waals surface area contributed by atoms with Gasteiger partial charge in [-0.2, -0.15) is 0 Å². The molecule has 0 aromatic heterocycles. The second kappa shape index (κ2) is 8.51. The van der Waals surface area contributed by atoms with Crippen LogP contribution in [0, 0.1) is 12.8 Å². The van der Waals surface area contributed by atoms with Crippen molar-refractivity contribution in [2.24, 2.45) is 5.92 Å². The van der Waals surface area contributed by atoms with Crippen LogP contribution in [0.25, 0.3) is 0 Å². The van der Waals surface area contributed by atoms with E-state index < -0.39 is 0 Å². The number of nitrogens with zero attached hydrogens (tertiary/aromatic N) is 1. The Bertz CT molecular complexity index is 499. The van der Waals surface area contributed by atoms with Gasteiger partial charge in [0.25, 0.3) is 0 Å². The van der Waals surface area contributed by atoms with Crippen LogP contribution in [0.15, 0.2) is 18.2 Å². The molecule has 5 heteroatoms. The Labute approximate surface area is 138 Å². The molecule has 0 aliphatic carbocycles. The van der Waals surface area contributed by atoms with Gasteiger partial charge in [-0.15, -0.1) is 0 Å². The predicted octanol–water partition coefficient (Wildman–Crippen LogP) is 2.91. The van der Waals surface area contributed by atoms with Crippen LogP contribution in [0.4, 0.5) is 5.69 Å². The summed E-state index contributed by atoms with van der Waals surface area (Å²) < 4.78 is 0. The van der Waals surface area contributed by atoms with Gasteiger partial charge in [-0.25, -0.2) is 0 Å². The van der Waals surface area contributed by atoms with Crippen LogP contribution < -0.4 is 10.6 Å². The summed E-state index contributed by atoms with van der Waals surface area (Å²) in [5.41, 5.74) is 1.72. The van der Waals surface area contributed by atoms with Gasteiger partial charge < -0.3 is 10.6 Å². The average Bonchev–Trinajstić information content (AvgIpc) is 2.51. The molecule has 0 radical (unpaired) electrons. The van der Waals surface area contributed by atoms with Crippen molar-refractivity contribution in [1.29, 1.82) is 0 Å². The molecule has 4 nitrogen and oxygen atoms in total. The summed E-state index contributed by atoms with van der Waals surface area (Å²) >= 11 is 6.08. The number of benzene rings is 1. The summed E-state index contributed by atoms with van der Waals surface area (Å²) in [7, 11) is 0. The zero-order chi connectivity index (χ0) is 15.9. The number of likely N-dealkylation sites (tertiary alicyclic amines) is 1. The topological polar surface area (TPSA) is 44.4 Å². The highest BCUT2D eigenvalue weighted by atomic mass is 35.5. The van der Waals surface area contributed by atoms with Crippen molar-refractivity contribution in [2.45, 2.75) is 26.7 Å². The molecule has 2 N–H and O–H groups in total. The van der Waals surface area contributed by atoms with Gasteiger partial charge in [0.2, 0.25) is 5.91 Å². The molecule has 1 aliphatic rings. The minimum Gasteiger partial charge on any atom is -0.325 e. The first-order chi connectivity index (χ1) is 10.6. The van der Waals surface area contributed by atoms with Crippen molar-refractivity contribution in [3.63, 3.8) is 0 Å². The fourth-order valence-electron chi connectivity index (χ4n) is 2.83. The first kappa shape index (κ1) is 17.3. The van der Waals surface area contributed by atoms with E-state index in [0.717, 1.165) is 56.2 Å². The standard InChI is InChI=1S/C17H26ClN3O/c1-3-19-11-14-7-9-21(10-8-14)12-17(22)20-16-6-4-5-15(18)13(16)2/h4-6,14,19H,3,7-12H2,1-2H3,(H,20,22). The summed E-state index contributed by atoms with van der Waals surface area (Å²) in [5.74, 6) is 0.782. The van der Waals surface area contributed by atoms with Gasteiger partial charge in [-0.1, -0.05) is 24.6 Å². The molecular formula is C17H26ClN3O. The largest absolute Gasteiger partial charge is 0.325 e. The summed E-state index contributed by atoms with van der Waals surface area (Å²) in [6.45, 7) is 8.64. The van der Waals surface area contributed by atoms with E-state index in [1.807, 2.05) is 25.1 Å². The maximum Gasteiger partial charge on any atom is 0.238 e. The number of piperidine rings is 1. The van der Waals surface area contributed by atoms with Crippen LogP contribution in [0.2, 0.25) is 5.02 Å². The number of carbonyl (C=O) groups is 1. The molecule has 0 saturated carbocycles. The van der Waals surface area contributed by atoms with Crippen molar-refractivity contribution in [3.05, 3.63) is 28.8 Å². The normalized spacial score (nSPS) is 16.7. The van der Waals surface area contributed by atoms with Crippen LogP contribution in [0.5, 0.6) is 0 Å². The number of hydrogen-bond donors (Lipinski definition) is 2. The Kier molecular flexibility index (Phi) is 6.68. The Hall–Kier alpha value is -1.10. The van der Waals surface area contributed by atoms with E-state index in [9.17, 15) is 4.79 Å². The van der Waals surface area contributed by atoms with Crippen LogP contribution in [0.3, 0.4) is 0 Å². The lowest BCUT2D eigenvalue weighted by Gasteiger charge is -2.31. The lowest BCUT2D eigenvalue weighted by molar-refractivity contribution is -0.117. The minimum atomic E-state index is 0.0375. The second-order valence-corrected chi connectivity index (χ2v) is 6.39. The molecule has 1 amide bonds. The number of carbonyl (C=O) groups excluding carboxylic acids is 1. The van der Waals surface area contributed by atoms with Crippen LogP contribution in [-0.4, -0.2) is 43.5 Å². The predicted molar refractivity (Wildman–Crippen MR) is 92.5 cm³/mol. The van der Waals surface area contributed by atoms with E-state index >= 15 is 0 Å². The SMILES string of the molecule is CCNCC1CCN(CC(=O)Nc2cccc(Cl)c2C)CC1. The molecule has 1 aliphatic heterocycles. The molecular weight excluding hydrogens is 298 g/mol. The second-order valence-electron chi connectivity index (χ2n) is 5.99. The van der Waals surface area contributed by atoms with E-state index in [1.54, 1.807) is 0 Å². The van der Waals surface area contributed by atoms with Gasteiger partial charge in [-0.3, -0.25) is 9.69 Å². The molecule has 0 spiro atoms. The van der Waals surface area contributed by atoms with Crippen LogP contribution >= 0.6 is 11.6 Å². The quantitative estimate of drug-likeness (QED) is 0.846. The Morgan fingerprint density at radius 3 is 2.77 bits per heavy atom. The molecule has 0 bridgehead atoms. The van der Waals surface area contributed by atoms with Crippen molar-refractivity contribution < 1.29 is 4.79 Å². The van der Waals surface area contributed by atoms with E-state index in [2.05, 4.69) is 22.5 Å². The molecule has 0 atom stereocenters. The van der Waals surface area contributed by atoms with Gasteiger partial charge >= 0.3 is 0 Å². The van der Waals surface area contributed by atoms with E-state index in [-0.39, 0.29) is 5.91 Å². The van der Waals surface area contributed by atoms with E-state index in [4.69, 9.17) is 11.6 Å².